The highest BCUT2D eigenvalue weighted by Gasteiger charge is 2.35. The van der Waals surface area contributed by atoms with Crippen LogP contribution in [0.15, 0.2) is 12.3 Å². The summed E-state index contributed by atoms with van der Waals surface area (Å²) in [6.07, 6.45) is 6.46. The Morgan fingerprint density at radius 2 is 2.37 bits per heavy atom. The Bertz CT molecular complexity index is 446. The van der Waals surface area contributed by atoms with E-state index in [2.05, 4.69) is 15.3 Å². The molecule has 5 nitrogen and oxygen atoms in total. The van der Waals surface area contributed by atoms with E-state index in [1.807, 2.05) is 13.1 Å². The van der Waals surface area contributed by atoms with Gasteiger partial charge in [-0.05, 0) is 50.8 Å². The fourth-order valence-electron chi connectivity index (χ4n) is 2.87. The Labute approximate surface area is 114 Å². The van der Waals surface area contributed by atoms with Crippen molar-refractivity contribution in [3.05, 3.63) is 18.0 Å². The van der Waals surface area contributed by atoms with Gasteiger partial charge in [0.1, 0.15) is 5.69 Å². The van der Waals surface area contributed by atoms with Gasteiger partial charge in [0.05, 0.1) is 0 Å². The van der Waals surface area contributed by atoms with Crippen LogP contribution in [-0.2, 0) is 7.05 Å². The maximum absolute atomic E-state index is 12.6. The van der Waals surface area contributed by atoms with Crippen LogP contribution in [0.25, 0.3) is 0 Å². The van der Waals surface area contributed by atoms with Crippen molar-refractivity contribution in [1.29, 1.82) is 0 Å². The van der Waals surface area contributed by atoms with Crippen molar-refractivity contribution in [3.8, 4) is 0 Å². The fourth-order valence-corrected chi connectivity index (χ4v) is 2.87. The van der Waals surface area contributed by atoms with Crippen LogP contribution in [0.2, 0.25) is 0 Å². The van der Waals surface area contributed by atoms with Crippen molar-refractivity contribution in [3.63, 3.8) is 0 Å². The summed E-state index contributed by atoms with van der Waals surface area (Å²) in [5, 5.41) is 7.53. The van der Waals surface area contributed by atoms with Gasteiger partial charge in [-0.25, -0.2) is 0 Å². The van der Waals surface area contributed by atoms with Gasteiger partial charge < -0.3 is 10.2 Å². The van der Waals surface area contributed by atoms with E-state index in [4.69, 9.17) is 0 Å². The monoisotopic (exact) mass is 262 g/mol. The van der Waals surface area contributed by atoms with Gasteiger partial charge >= 0.3 is 0 Å². The standard InChI is InChI=1S/C14H22N4O/c1-17-13(6-8-16-17)14(19)18(12-4-5-12)10-11-3-2-7-15-9-11/h6,8,11-12,15H,2-5,7,9-10H2,1H3. The van der Waals surface area contributed by atoms with E-state index >= 15 is 0 Å². The van der Waals surface area contributed by atoms with Crippen molar-refractivity contribution in [2.75, 3.05) is 19.6 Å². The molecule has 19 heavy (non-hydrogen) atoms. The SMILES string of the molecule is Cn1nccc1C(=O)N(CC1CCCNC1)C1CC1. The zero-order valence-electron chi connectivity index (χ0n) is 11.5. The maximum Gasteiger partial charge on any atom is 0.272 e. The van der Waals surface area contributed by atoms with Crippen LogP contribution in [-0.4, -0.2) is 46.3 Å². The van der Waals surface area contributed by atoms with Crippen LogP contribution >= 0.6 is 0 Å². The van der Waals surface area contributed by atoms with Crippen LogP contribution in [0.4, 0.5) is 0 Å². The van der Waals surface area contributed by atoms with Gasteiger partial charge in [-0.1, -0.05) is 0 Å². The van der Waals surface area contributed by atoms with Gasteiger partial charge in [-0.15, -0.1) is 0 Å². The summed E-state index contributed by atoms with van der Waals surface area (Å²) >= 11 is 0. The second-order valence-electron chi connectivity index (χ2n) is 5.74. The Morgan fingerprint density at radius 1 is 1.53 bits per heavy atom. The smallest absolute Gasteiger partial charge is 0.272 e. The summed E-state index contributed by atoms with van der Waals surface area (Å²) in [6.45, 7) is 3.05. The first-order valence-electron chi connectivity index (χ1n) is 7.25. The molecular weight excluding hydrogens is 240 g/mol. The van der Waals surface area contributed by atoms with Crippen molar-refractivity contribution < 1.29 is 4.79 Å². The number of hydrogen-bond acceptors (Lipinski definition) is 3. The number of amides is 1. The lowest BCUT2D eigenvalue weighted by molar-refractivity contribution is 0.0693. The molecule has 1 atom stereocenters. The predicted molar refractivity (Wildman–Crippen MR) is 72.9 cm³/mol. The van der Waals surface area contributed by atoms with E-state index in [-0.39, 0.29) is 5.91 Å². The highest BCUT2D eigenvalue weighted by Crippen LogP contribution is 2.29. The number of hydrogen-bond donors (Lipinski definition) is 1. The topological polar surface area (TPSA) is 50.2 Å². The van der Waals surface area contributed by atoms with Crippen LogP contribution in [0.3, 0.4) is 0 Å². The maximum atomic E-state index is 12.6. The Kier molecular flexibility index (Phi) is 3.55. The summed E-state index contributed by atoms with van der Waals surface area (Å²) < 4.78 is 1.68. The van der Waals surface area contributed by atoms with Crippen molar-refractivity contribution >= 4 is 5.91 Å². The molecule has 2 fully saturated rings. The molecule has 1 aromatic heterocycles. The number of rotatable bonds is 4. The summed E-state index contributed by atoms with van der Waals surface area (Å²) in [5.74, 6) is 0.750. The van der Waals surface area contributed by atoms with Gasteiger partial charge in [0.25, 0.3) is 5.91 Å². The van der Waals surface area contributed by atoms with Crippen LogP contribution in [0.5, 0.6) is 0 Å². The van der Waals surface area contributed by atoms with Gasteiger partial charge in [0.15, 0.2) is 0 Å². The van der Waals surface area contributed by atoms with Crippen molar-refractivity contribution in [2.45, 2.75) is 31.7 Å². The zero-order chi connectivity index (χ0) is 13.2. The Hall–Kier alpha value is -1.36. The lowest BCUT2D eigenvalue weighted by Gasteiger charge is -2.30. The molecule has 1 aliphatic heterocycles. The molecule has 3 rings (SSSR count). The van der Waals surface area contributed by atoms with Crippen LogP contribution in [0, 0.1) is 5.92 Å². The molecule has 2 heterocycles. The number of aromatic nitrogens is 2. The second kappa shape index (κ2) is 5.33. The quantitative estimate of drug-likeness (QED) is 0.881. The molecule has 1 saturated heterocycles. The van der Waals surface area contributed by atoms with Crippen molar-refractivity contribution in [1.82, 2.24) is 20.0 Å². The first-order valence-corrected chi connectivity index (χ1v) is 7.25. The highest BCUT2D eigenvalue weighted by molar-refractivity contribution is 5.92. The zero-order valence-corrected chi connectivity index (χ0v) is 11.5. The Morgan fingerprint density at radius 3 is 2.95 bits per heavy atom. The van der Waals surface area contributed by atoms with E-state index in [0.29, 0.717) is 17.7 Å². The second-order valence-corrected chi connectivity index (χ2v) is 5.74. The average Bonchev–Trinajstić information content (AvgIpc) is 3.18. The molecule has 0 spiro atoms. The van der Waals surface area contributed by atoms with Gasteiger partial charge in [-0.3, -0.25) is 9.48 Å². The lowest BCUT2D eigenvalue weighted by Crippen LogP contribution is -2.42. The van der Waals surface area contributed by atoms with E-state index in [0.717, 1.165) is 32.5 Å². The van der Waals surface area contributed by atoms with E-state index in [1.54, 1.807) is 10.9 Å². The van der Waals surface area contributed by atoms with E-state index < -0.39 is 0 Å². The third kappa shape index (κ3) is 2.81. The molecular formula is C14H22N4O. The number of carbonyl (C=O) groups is 1. The minimum Gasteiger partial charge on any atom is -0.334 e. The molecule has 1 aromatic rings. The van der Waals surface area contributed by atoms with E-state index in [1.165, 1.54) is 12.8 Å². The normalized spacial score (nSPS) is 23.3. The number of nitrogens with one attached hydrogen (secondary N) is 1. The molecule has 1 unspecified atom stereocenters. The van der Waals surface area contributed by atoms with E-state index in [9.17, 15) is 4.79 Å². The highest BCUT2D eigenvalue weighted by atomic mass is 16.2. The summed E-state index contributed by atoms with van der Waals surface area (Å²) in [4.78, 5) is 14.7. The molecule has 1 N–H and O–H groups in total. The molecule has 0 aromatic carbocycles. The van der Waals surface area contributed by atoms with Gasteiger partial charge in [0.2, 0.25) is 0 Å². The van der Waals surface area contributed by atoms with Gasteiger partial charge in [0, 0.05) is 25.8 Å². The molecule has 0 radical (unpaired) electrons. The lowest BCUT2D eigenvalue weighted by atomic mass is 9.99. The number of piperidine rings is 1. The molecule has 2 aliphatic rings. The fraction of sp³-hybridized carbons (Fsp3) is 0.714. The average molecular weight is 262 g/mol. The molecule has 0 bridgehead atoms. The molecule has 1 amide bonds. The van der Waals surface area contributed by atoms with Crippen molar-refractivity contribution in [2.24, 2.45) is 13.0 Å². The first-order chi connectivity index (χ1) is 9.25. The largest absolute Gasteiger partial charge is 0.334 e. The Balaban J connectivity index is 1.70. The number of carbonyl (C=O) groups excluding carboxylic acids is 1. The molecule has 5 heteroatoms. The number of aryl methyl sites for hydroxylation is 1. The minimum absolute atomic E-state index is 0.146. The third-order valence-electron chi connectivity index (χ3n) is 4.14. The molecule has 1 saturated carbocycles. The molecule has 104 valence electrons. The number of nitrogens with zero attached hydrogens (tertiary/aromatic N) is 3. The summed E-state index contributed by atoms with van der Waals surface area (Å²) in [5.41, 5.74) is 0.704. The molecule has 1 aliphatic carbocycles. The first kappa shape index (κ1) is 12.7. The van der Waals surface area contributed by atoms with Gasteiger partial charge in [-0.2, -0.15) is 5.10 Å². The third-order valence-corrected chi connectivity index (χ3v) is 4.14. The summed E-state index contributed by atoms with van der Waals surface area (Å²) in [7, 11) is 1.83. The van der Waals surface area contributed by atoms with Crippen LogP contribution < -0.4 is 5.32 Å². The predicted octanol–water partition coefficient (Wildman–Crippen LogP) is 1.02. The van der Waals surface area contributed by atoms with Crippen LogP contribution in [0.1, 0.15) is 36.2 Å². The summed E-state index contributed by atoms with van der Waals surface area (Å²) in [6, 6.07) is 2.28. The minimum atomic E-state index is 0.146.